The minimum absolute atomic E-state index is 0.00569. The van der Waals surface area contributed by atoms with Gasteiger partial charge in [-0.2, -0.15) is 0 Å². The third-order valence-corrected chi connectivity index (χ3v) is 5.90. The summed E-state index contributed by atoms with van der Waals surface area (Å²) in [6.45, 7) is 8.05. The van der Waals surface area contributed by atoms with Crippen LogP contribution < -0.4 is 10.5 Å². The molecule has 5 heteroatoms. The van der Waals surface area contributed by atoms with Crippen LogP contribution in [-0.2, 0) is 15.8 Å². The summed E-state index contributed by atoms with van der Waals surface area (Å²) in [4.78, 5) is 0. The molecule has 1 aromatic carbocycles. The van der Waals surface area contributed by atoms with Crippen LogP contribution in [0.3, 0.4) is 0 Å². The molecule has 1 aliphatic rings. The molecule has 1 fully saturated rings. The van der Waals surface area contributed by atoms with Gasteiger partial charge in [0.1, 0.15) is 0 Å². The van der Waals surface area contributed by atoms with Gasteiger partial charge >= 0.3 is 0 Å². The average Bonchev–Trinajstić information content (AvgIpc) is 2.35. The molecule has 0 radical (unpaired) electrons. The zero-order chi connectivity index (χ0) is 15.2. The molecule has 0 saturated heterocycles. The van der Waals surface area contributed by atoms with Gasteiger partial charge in [0.05, 0.1) is 5.75 Å². The topological polar surface area (TPSA) is 72.2 Å². The first-order valence-corrected chi connectivity index (χ1v) is 8.52. The third kappa shape index (κ3) is 2.62. The summed E-state index contributed by atoms with van der Waals surface area (Å²) < 4.78 is 27.5. The number of nitrogens with two attached hydrogens (primary N) is 1. The van der Waals surface area contributed by atoms with E-state index in [1.54, 1.807) is 0 Å². The fourth-order valence-electron chi connectivity index (χ4n) is 3.50. The minimum Gasteiger partial charge on any atom is -0.327 e. The van der Waals surface area contributed by atoms with Gasteiger partial charge < -0.3 is 5.73 Å². The second-order valence-electron chi connectivity index (χ2n) is 6.92. The first kappa shape index (κ1) is 15.5. The smallest absolute Gasteiger partial charge is 0.216 e. The van der Waals surface area contributed by atoms with Gasteiger partial charge in [0, 0.05) is 12.1 Å². The Balaban J connectivity index is 2.13. The predicted molar refractivity (Wildman–Crippen MR) is 81.5 cm³/mol. The van der Waals surface area contributed by atoms with E-state index in [2.05, 4.69) is 4.72 Å². The molecular formula is C15H24N2O2S. The molecule has 1 aromatic rings. The van der Waals surface area contributed by atoms with E-state index in [0.29, 0.717) is 0 Å². The molecule has 0 amide bonds. The average molecular weight is 296 g/mol. The third-order valence-electron chi connectivity index (χ3n) is 4.59. The van der Waals surface area contributed by atoms with Crippen molar-refractivity contribution < 1.29 is 8.42 Å². The van der Waals surface area contributed by atoms with Gasteiger partial charge in [0.2, 0.25) is 10.0 Å². The lowest BCUT2D eigenvalue weighted by Crippen LogP contribution is -2.76. The SMILES string of the molecule is CC1(C)C(N)C(C)(C)C1NS(=O)(=O)Cc1ccccc1. The van der Waals surface area contributed by atoms with E-state index in [0.717, 1.165) is 5.56 Å². The summed E-state index contributed by atoms with van der Waals surface area (Å²) in [5, 5.41) is 0. The van der Waals surface area contributed by atoms with Crippen molar-refractivity contribution in [2.45, 2.75) is 45.5 Å². The van der Waals surface area contributed by atoms with Crippen LogP contribution in [-0.4, -0.2) is 20.5 Å². The van der Waals surface area contributed by atoms with Gasteiger partial charge in [-0.3, -0.25) is 0 Å². The summed E-state index contributed by atoms with van der Waals surface area (Å²) in [5.41, 5.74) is 6.49. The van der Waals surface area contributed by atoms with Crippen LogP contribution in [0.25, 0.3) is 0 Å². The second kappa shape index (κ2) is 4.83. The monoisotopic (exact) mass is 296 g/mol. The maximum absolute atomic E-state index is 12.3. The van der Waals surface area contributed by atoms with Crippen LogP contribution in [0.4, 0.5) is 0 Å². The zero-order valence-corrected chi connectivity index (χ0v) is 13.4. The van der Waals surface area contributed by atoms with Crippen molar-refractivity contribution in [3.8, 4) is 0 Å². The van der Waals surface area contributed by atoms with Crippen molar-refractivity contribution in [2.75, 3.05) is 0 Å². The van der Waals surface area contributed by atoms with E-state index in [9.17, 15) is 8.42 Å². The fourth-order valence-corrected chi connectivity index (χ4v) is 5.18. The van der Waals surface area contributed by atoms with E-state index >= 15 is 0 Å². The van der Waals surface area contributed by atoms with Crippen molar-refractivity contribution >= 4 is 10.0 Å². The van der Waals surface area contributed by atoms with Crippen molar-refractivity contribution in [1.29, 1.82) is 0 Å². The van der Waals surface area contributed by atoms with Gasteiger partial charge in [-0.15, -0.1) is 0 Å². The highest BCUT2D eigenvalue weighted by Gasteiger charge is 2.60. The van der Waals surface area contributed by atoms with E-state index in [1.165, 1.54) is 0 Å². The molecule has 1 saturated carbocycles. The Labute approximate surface area is 121 Å². The highest BCUT2D eigenvalue weighted by Crippen LogP contribution is 2.52. The number of hydrogen-bond acceptors (Lipinski definition) is 3. The van der Waals surface area contributed by atoms with Crippen molar-refractivity contribution in [3.05, 3.63) is 35.9 Å². The highest BCUT2D eigenvalue weighted by molar-refractivity contribution is 7.88. The van der Waals surface area contributed by atoms with Gasteiger partial charge in [0.15, 0.2) is 0 Å². The Bertz CT molecular complexity index is 563. The van der Waals surface area contributed by atoms with Gasteiger partial charge in [0.25, 0.3) is 0 Å². The number of rotatable bonds is 4. The lowest BCUT2D eigenvalue weighted by Gasteiger charge is -2.62. The Kier molecular flexibility index (Phi) is 3.73. The van der Waals surface area contributed by atoms with Gasteiger partial charge in [-0.25, -0.2) is 13.1 Å². The fraction of sp³-hybridized carbons (Fsp3) is 0.600. The van der Waals surface area contributed by atoms with Gasteiger partial charge in [-0.1, -0.05) is 58.0 Å². The van der Waals surface area contributed by atoms with Gasteiger partial charge in [-0.05, 0) is 16.4 Å². The highest BCUT2D eigenvalue weighted by atomic mass is 32.2. The number of sulfonamides is 1. The van der Waals surface area contributed by atoms with Crippen LogP contribution in [0.15, 0.2) is 30.3 Å². The molecule has 0 atom stereocenters. The maximum Gasteiger partial charge on any atom is 0.216 e. The molecule has 112 valence electrons. The molecule has 0 heterocycles. The molecule has 0 bridgehead atoms. The first-order chi connectivity index (χ1) is 9.07. The first-order valence-electron chi connectivity index (χ1n) is 6.87. The Hall–Kier alpha value is -0.910. The lowest BCUT2D eigenvalue weighted by molar-refractivity contribution is -0.0593. The van der Waals surface area contributed by atoms with Crippen LogP contribution in [0.1, 0.15) is 33.3 Å². The molecule has 0 spiro atoms. The number of benzene rings is 1. The molecule has 4 nitrogen and oxygen atoms in total. The molecule has 2 rings (SSSR count). The summed E-state index contributed by atoms with van der Waals surface area (Å²) in [6.07, 6.45) is 0. The minimum atomic E-state index is -3.37. The van der Waals surface area contributed by atoms with Crippen LogP contribution in [0.2, 0.25) is 0 Å². The van der Waals surface area contributed by atoms with Crippen molar-refractivity contribution in [1.82, 2.24) is 4.72 Å². The van der Waals surface area contributed by atoms with Crippen LogP contribution in [0, 0.1) is 10.8 Å². The summed E-state index contributed by atoms with van der Waals surface area (Å²) >= 11 is 0. The Morgan fingerprint density at radius 3 is 2.10 bits per heavy atom. The normalized spacial score (nSPS) is 27.9. The quantitative estimate of drug-likeness (QED) is 0.891. The van der Waals surface area contributed by atoms with E-state index < -0.39 is 10.0 Å². The number of hydrogen-bond donors (Lipinski definition) is 2. The molecule has 3 N–H and O–H groups in total. The van der Waals surface area contributed by atoms with E-state index in [-0.39, 0.29) is 28.7 Å². The largest absolute Gasteiger partial charge is 0.327 e. The predicted octanol–water partition coefficient (Wildman–Crippen LogP) is 1.87. The summed E-state index contributed by atoms with van der Waals surface area (Å²) in [5.74, 6) is 0.00569. The van der Waals surface area contributed by atoms with Crippen molar-refractivity contribution in [3.63, 3.8) is 0 Å². The Morgan fingerprint density at radius 1 is 1.10 bits per heavy atom. The molecule has 20 heavy (non-hydrogen) atoms. The summed E-state index contributed by atoms with van der Waals surface area (Å²) in [6, 6.07) is 9.05. The standard InChI is InChI=1S/C15H24N2O2S/c1-14(2)12(16)15(3,4)13(14)17-20(18,19)10-11-8-6-5-7-9-11/h5-9,12-13,17H,10,16H2,1-4H3. The summed E-state index contributed by atoms with van der Waals surface area (Å²) in [7, 11) is -3.37. The second-order valence-corrected chi connectivity index (χ2v) is 8.67. The van der Waals surface area contributed by atoms with Crippen LogP contribution in [0.5, 0.6) is 0 Å². The molecule has 0 aromatic heterocycles. The lowest BCUT2D eigenvalue weighted by atomic mass is 9.49. The van der Waals surface area contributed by atoms with E-state index in [4.69, 9.17) is 5.73 Å². The van der Waals surface area contributed by atoms with Crippen molar-refractivity contribution in [2.24, 2.45) is 16.6 Å². The maximum atomic E-state index is 12.3. The molecule has 1 aliphatic carbocycles. The number of nitrogens with one attached hydrogen (secondary N) is 1. The molecule has 0 unspecified atom stereocenters. The Morgan fingerprint density at radius 2 is 1.60 bits per heavy atom. The molecule has 0 aliphatic heterocycles. The van der Waals surface area contributed by atoms with E-state index in [1.807, 2.05) is 58.0 Å². The van der Waals surface area contributed by atoms with Crippen LogP contribution >= 0.6 is 0 Å². The zero-order valence-electron chi connectivity index (χ0n) is 12.6. The molecular weight excluding hydrogens is 272 g/mol.